The highest BCUT2D eigenvalue weighted by molar-refractivity contribution is 5.97. The van der Waals surface area contributed by atoms with Gasteiger partial charge in [-0.15, -0.1) is 0 Å². The van der Waals surface area contributed by atoms with E-state index in [4.69, 9.17) is 5.26 Å². The first-order chi connectivity index (χ1) is 15.9. The highest BCUT2D eigenvalue weighted by Crippen LogP contribution is 2.17. The lowest BCUT2D eigenvalue weighted by atomic mass is 10.1. The van der Waals surface area contributed by atoms with Gasteiger partial charge in [-0.05, 0) is 50.3 Å². The van der Waals surface area contributed by atoms with E-state index < -0.39 is 6.04 Å². The molecule has 3 amide bonds. The largest absolute Gasteiger partial charge is 0.352 e. The van der Waals surface area contributed by atoms with E-state index in [1.54, 1.807) is 9.80 Å². The number of hydrogen-bond donors (Lipinski definition) is 3. The van der Waals surface area contributed by atoms with E-state index in [9.17, 15) is 14.4 Å². The molecule has 3 rings (SSSR count). The fourth-order valence-electron chi connectivity index (χ4n) is 4.18. The molecule has 2 atom stereocenters. The number of likely N-dealkylation sites (tertiary alicyclic amines) is 2. The minimum absolute atomic E-state index is 0.00996. The van der Waals surface area contributed by atoms with E-state index in [-0.39, 0.29) is 36.3 Å². The molecule has 2 saturated heterocycles. The molecule has 2 aliphatic heterocycles. The molecule has 0 aliphatic carbocycles. The first-order valence-corrected chi connectivity index (χ1v) is 11.3. The molecule has 176 valence electrons. The number of carbonyl (C=O) groups is 3. The highest BCUT2D eigenvalue weighted by atomic mass is 16.2. The van der Waals surface area contributed by atoms with E-state index in [0.717, 1.165) is 24.1 Å². The molecule has 10 heteroatoms. The number of amides is 3. The zero-order valence-electron chi connectivity index (χ0n) is 19.1. The summed E-state index contributed by atoms with van der Waals surface area (Å²) < 4.78 is 0. The first-order valence-electron chi connectivity index (χ1n) is 11.3. The van der Waals surface area contributed by atoms with Crippen molar-refractivity contribution in [3.8, 4) is 6.19 Å². The second-order valence-electron chi connectivity index (χ2n) is 8.51. The number of aliphatic imine (C=N–C) groups is 1. The second-order valence-corrected chi connectivity index (χ2v) is 8.51. The maximum absolute atomic E-state index is 13.2. The number of rotatable bonds is 5. The summed E-state index contributed by atoms with van der Waals surface area (Å²) in [5, 5.41) is 17.6. The van der Waals surface area contributed by atoms with Gasteiger partial charge in [-0.1, -0.05) is 12.1 Å². The van der Waals surface area contributed by atoms with Crippen molar-refractivity contribution in [2.75, 3.05) is 31.5 Å². The monoisotopic (exact) mass is 453 g/mol. The van der Waals surface area contributed by atoms with Crippen LogP contribution >= 0.6 is 0 Å². The molecule has 1 aromatic carbocycles. The van der Waals surface area contributed by atoms with E-state index >= 15 is 0 Å². The predicted molar refractivity (Wildman–Crippen MR) is 124 cm³/mol. The number of nitrogens with zero attached hydrogens (tertiary/aromatic N) is 4. The second kappa shape index (κ2) is 11.3. The van der Waals surface area contributed by atoms with Crippen molar-refractivity contribution < 1.29 is 14.4 Å². The molecule has 2 heterocycles. The summed E-state index contributed by atoms with van der Waals surface area (Å²) in [7, 11) is 0. The van der Waals surface area contributed by atoms with Crippen molar-refractivity contribution in [1.29, 1.82) is 5.26 Å². The van der Waals surface area contributed by atoms with Crippen molar-refractivity contribution in [2.45, 2.75) is 51.6 Å². The number of hydrogen-bond acceptors (Lipinski definition) is 5. The van der Waals surface area contributed by atoms with Gasteiger partial charge >= 0.3 is 0 Å². The molecular weight excluding hydrogens is 422 g/mol. The molecule has 33 heavy (non-hydrogen) atoms. The van der Waals surface area contributed by atoms with Gasteiger partial charge in [0, 0.05) is 38.3 Å². The minimum atomic E-state index is -0.681. The number of anilines is 1. The number of nitrogens with one attached hydrogen (secondary N) is 3. The average molecular weight is 454 g/mol. The molecule has 2 aliphatic rings. The van der Waals surface area contributed by atoms with Crippen molar-refractivity contribution in [1.82, 2.24) is 20.4 Å². The molecular formula is C23H31N7O3. The third-order valence-corrected chi connectivity index (χ3v) is 5.77. The van der Waals surface area contributed by atoms with E-state index in [1.165, 1.54) is 6.92 Å². The van der Waals surface area contributed by atoms with E-state index in [0.29, 0.717) is 32.5 Å². The van der Waals surface area contributed by atoms with Crippen LogP contribution in [0.25, 0.3) is 0 Å². The van der Waals surface area contributed by atoms with Gasteiger partial charge in [0.1, 0.15) is 6.04 Å². The molecule has 0 saturated carbocycles. The van der Waals surface area contributed by atoms with Crippen molar-refractivity contribution in [2.24, 2.45) is 4.99 Å². The molecule has 2 unspecified atom stereocenters. The maximum Gasteiger partial charge on any atom is 0.247 e. The normalized spacial score (nSPS) is 21.2. The Kier molecular flexibility index (Phi) is 8.24. The summed E-state index contributed by atoms with van der Waals surface area (Å²) in [6.07, 6.45) is 4.69. The zero-order valence-corrected chi connectivity index (χ0v) is 19.1. The lowest BCUT2D eigenvalue weighted by molar-refractivity contribution is -0.140. The molecule has 0 aromatic heterocycles. The Morgan fingerprint density at radius 2 is 2.06 bits per heavy atom. The number of benzene rings is 1. The van der Waals surface area contributed by atoms with Crippen LogP contribution in [-0.2, 0) is 14.4 Å². The van der Waals surface area contributed by atoms with Crippen molar-refractivity contribution >= 4 is 29.4 Å². The van der Waals surface area contributed by atoms with Gasteiger partial charge in [-0.3, -0.25) is 19.7 Å². The standard InChI is InChI=1S/C23H31N7O3/c1-16-6-5-7-18(12-16)27-23(25-15-24)28-20-8-3-4-10-30(22(20)33)14-21(32)29-11-9-19(13-29)26-17(2)31/h5-7,12,19-20H,3-4,8-11,13-14H2,1-2H3,(H,26,31)(H2,25,27,28). The molecule has 0 spiro atoms. The Morgan fingerprint density at radius 3 is 2.79 bits per heavy atom. The highest BCUT2D eigenvalue weighted by Gasteiger charge is 2.32. The Balaban J connectivity index is 1.66. The molecule has 2 fully saturated rings. The Bertz CT molecular complexity index is 956. The van der Waals surface area contributed by atoms with E-state index in [2.05, 4.69) is 20.9 Å². The zero-order chi connectivity index (χ0) is 23.8. The third-order valence-electron chi connectivity index (χ3n) is 5.77. The molecule has 10 nitrogen and oxygen atoms in total. The summed E-state index contributed by atoms with van der Waals surface area (Å²) in [4.78, 5) is 45.0. The maximum atomic E-state index is 13.2. The van der Waals surface area contributed by atoms with Crippen LogP contribution in [-0.4, -0.2) is 71.7 Å². The van der Waals surface area contributed by atoms with Crippen molar-refractivity contribution in [3.63, 3.8) is 0 Å². The predicted octanol–water partition coefficient (Wildman–Crippen LogP) is 0.952. The molecule has 0 bridgehead atoms. The number of carbonyl (C=O) groups excluding carboxylic acids is 3. The smallest absolute Gasteiger partial charge is 0.247 e. The Labute approximate surface area is 194 Å². The van der Waals surface area contributed by atoms with Crippen LogP contribution in [0.15, 0.2) is 29.3 Å². The summed E-state index contributed by atoms with van der Waals surface area (Å²) in [5.41, 5.74) is 1.81. The topological polar surface area (TPSA) is 130 Å². The Hall–Kier alpha value is -3.61. The minimum Gasteiger partial charge on any atom is -0.352 e. The van der Waals surface area contributed by atoms with Gasteiger partial charge in [0.05, 0.1) is 6.54 Å². The summed E-state index contributed by atoms with van der Waals surface area (Å²) in [6, 6.07) is 6.89. The fourth-order valence-corrected chi connectivity index (χ4v) is 4.18. The van der Waals surface area contributed by atoms with Crippen LogP contribution < -0.4 is 16.0 Å². The van der Waals surface area contributed by atoms with Gasteiger partial charge in [0.15, 0.2) is 6.19 Å². The van der Waals surface area contributed by atoms with E-state index in [1.807, 2.05) is 37.4 Å². The first kappa shape index (κ1) is 24.0. The average Bonchev–Trinajstić information content (AvgIpc) is 3.15. The van der Waals surface area contributed by atoms with Gasteiger partial charge in [0.2, 0.25) is 23.7 Å². The summed E-state index contributed by atoms with van der Waals surface area (Å²) >= 11 is 0. The van der Waals surface area contributed by atoms with Crippen LogP contribution in [0.5, 0.6) is 0 Å². The quantitative estimate of drug-likeness (QED) is 0.263. The van der Waals surface area contributed by atoms with Crippen molar-refractivity contribution in [3.05, 3.63) is 29.8 Å². The van der Waals surface area contributed by atoms with Crippen LogP contribution in [0.1, 0.15) is 38.2 Å². The lowest BCUT2D eigenvalue weighted by Gasteiger charge is -2.25. The lowest BCUT2D eigenvalue weighted by Crippen LogP contribution is -2.46. The summed E-state index contributed by atoms with van der Waals surface area (Å²) in [5.74, 6) is -0.262. The number of nitriles is 1. The molecule has 0 radical (unpaired) electrons. The van der Waals surface area contributed by atoms with Crippen LogP contribution in [0, 0.1) is 18.4 Å². The van der Waals surface area contributed by atoms with Gasteiger partial charge < -0.3 is 20.4 Å². The van der Waals surface area contributed by atoms with Crippen LogP contribution in [0.3, 0.4) is 0 Å². The number of aryl methyl sites for hydroxylation is 1. The van der Waals surface area contributed by atoms with Gasteiger partial charge in [0.25, 0.3) is 0 Å². The molecule has 3 N–H and O–H groups in total. The third kappa shape index (κ3) is 6.94. The van der Waals surface area contributed by atoms with Gasteiger partial charge in [-0.25, -0.2) is 4.99 Å². The summed E-state index contributed by atoms with van der Waals surface area (Å²) in [6.45, 7) is 4.92. The SMILES string of the molecule is CC(=O)NC1CCN(C(=O)CN2CCCCC(N=C(NC#N)Nc3cccc(C)c3)C2=O)C1. The van der Waals surface area contributed by atoms with Gasteiger partial charge in [-0.2, -0.15) is 5.26 Å². The molecule has 1 aromatic rings. The van der Waals surface area contributed by atoms with Crippen LogP contribution in [0.4, 0.5) is 5.69 Å². The Morgan fingerprint density at radius 1 is 1.24 bits per heavy atom. The van der Waals surface area contributed by atoms with Crippen LogP contribution in [0.2, 0.25) is 0 Å². The fraction of sp³-hybridized carbons (Fsp3) is 0.522. The number of guanidine groups is 1.